The Bertz CT molecular complexity index is 1150. The number of halogens is 1. The molecule has 0 heterocycles. The first-order chi connectivity index (χ1) is 17.8. The first-order valence-corrected chi connectivity index (χ1v) is 13.3. The van der Waals surface area contributed by atoms with Gasteiger partial charge in [0.25, 0.3) is 5.91 Å². The second-order valence-corrected chi connectivity index (χ2v) is 10.1. The van der Waals surface area contributed by atoms with Crippen molar-refractivity contribution in [3.63, 3.8) is 0 Å². The van der Waals surface area contributed by atoms with Crippen molar-refractivity contribution in [2.24, 2.45) is 0 Å². The van der Waals surface area contributed by atoms with E-state index < -0.39 is 6.04 Å². The van der Waals surface area contributed by atoms with E-state index >= 15 is 0 Å². The van der Waals surface area contributed by atoms with E-state index in [9.17, 15) is 9.59 Å². The number of nitrogens with one attached hydrogen (secondary N) is 1. The zero-order valence-corrected chi connectivity index (χ0v) is 22.9. The van der Waals surface area contributed by atoms with E-state index in [2.05, 4.69) is 19.2 Å². The van der Waals surface area contributed by atoms with Gasteiger partial charge in [-0.3, -0.25) is 9.59 Å². The van der Waals surface area contributed by atoms with E-state index in [1.165, 1.54) is 5.56 Å². The van der Waals surface area contributed by atoms with Crippen LogP contribution >= 0.6 is 11.6 Å². The molecule has 0 aromatic heterocycles. The van der Waals surface area contributed by atoms with Gasteiger partial charge in [0, 0.05) is 24.0 Å². The maximum atomic E-state index is 13.7. The zero-order valence-electron chi connectivity index (χ0n) is 22.1. The fourth-order valence-electron chi connectivity index (χ4n) is 3.98. The molecule has 1 N–H and O–H groups in total. The monoisotopic (exact) mass is 520 g/mol. The molecule has 0 saturated heterocycles. The second-order valence-electron chi connectivity index (χ2n) is 9.65. The van der Waals surface area contributed by atoms with Crippen LogP contribution in [0.1, 0.15) is 56.7 Å². The molecule has 0 saturated carbocycles. The number of hydrogen-bond donors (Lipinski definition) is 1. The molecule has 2 amide bonds. The Kier molecular flexibility index (Phi) is 10.6. The molecule has 6 heteroatoms. The zero-order chi connectivity index (χ0) is 26.8. The van der Waals surface area contributed by atoms with Gasteiger partial charge in [0.05, 0.1) is 0 Å². The van der Waals surface area contributed by atoms with Crippen LogP contribution in [0.4, 0.5) is 0 Å². The van der Waals surface area contributed by atoms with Gasteiger partial charge in [-0.1, -0.05) is 93.0 Å². The van der Waals surface area contributed by atoms with Crippen LogP contribution in [-0.2, 0) is 22.6 Å². The largest absolute Gasteiger partial charge is 0.484 e. The first kappa shape index (κ1) is 28.3. The van der Waals surface area contributed by atoms with Crippen molar-refractivity contribution in [2.75, 3.05) is 6.61 Å². The molecular formula is C31H37ClN2O3. The summed E-state index contributed by atoms with van der Waals surface area (Å²) in [4.78, 5) is 28.8. The van der Waals surface area contributed by atoms with Gasteiger partial charge in [0.1, 0.15) is 11.8 Å². The molecule has 3 rings (SSSR count). The minimum Gasteiger partial charge on any atom is -0.484 e. The highest BCUT2D eigenvalue weighted by molar-refractivity contribution is 6.31. The summed E-state index contributed by atoms with van der Waals surface area (Å²) >= 11 is 6.47. The van der Waals surface area contributed by atoms with Crippen molar-refractivity contribution in [3.05, 3.63) is 101 Å². The maximum absolute atomic E-state index is 13.7. The summed E-state index contributed by atoms with van der Waals surface area (Å²) in [6, 6.07) is 24.1. The third-order valence-electron chi connectivity index (χ3n) is 6.48. The Morgan fingerprint density at radius 1 is 0.919 bits per heavy atom. The minimum atomic E-state index is -0.730. The molecule has 0 aliphatic heterocycles. The summed E-state index contributed by atoms with van der Waals surface area (Å²) < 4.78 is 5.88. The van der Waals surface area contributed by atoms with Crippen LogP contribution < -0.4 is 10.1 Å². The molecule has 0 radical (unpaired) electrons. The van der Waals surface area contributed by atoms with Crippen LogP contribution in [0, 0.1) is 0 Å². The summed E-state index contributed by atoms with van der Waals surface area (Å²) in [5, 5.41) is 3.62. The normalized spacial score (nSPS) is 12.6. The van der Waals surface area contributed by atoms with Crippen molar-refractivity contribution >= 4 is 23.4 Å². The van der Waals surface area contributed by atoms with Gasteiger partial charge in [0.15, 0.2) is 6.61 Å². The van der Waals surface area contributed by atoms with Gasteiger partial charge < -0.3 is 15.0 Å². The van der Waals surface area contributed by atoms with Gasteiger partial charge in [-0.2, -0.15) is 0 Å². The van der Waals surface area contributed by atoms with E-state index in [0.717, 1.165) is 17.5 Å². The average molecular weight is 521 g/mol. The minimum absolute atomic E-state index is 0.0150. The van der Waals surface area contributed by atoms with Gasteiger partial charge >= 0.3 is 0 Å². The number of hydrogen-bond acceptors (Lipinski definition) is 3. The van der Waals surface area contributed by atoms with E-state index in [-0.39, 0.29) is 31.0 Å². The molecule has 196 valence electrons. The van der Waals surface area contributed by atoms with Crippen molar-refractivity contribution in [2.45, 2.75) is 65.1 Å². The molecule has 3 aromatic rings. The predicted octanol–water partition coefficient (Wildman–Crippen LogP) is 6.40. The van der Waals surface area contributed by atoms with Crippen LogP contribution in [0.25, 0.3) is 0 Å². The lowest BCUT2D eigenvalue weighted by molar-refractivity contribution is -0.143. The molecular weight excluding hydrogens is 484 g/mol. The molecule has 2 atom stereocenters. The van der Waals surface area contributed by atoms with Crippen LogP contribution in [0.5, 0.6) is 5.75 Å². The highest BCUT2D eigenvalue weighted by Gasteiger charge is 2.31. The highest BCUT2D eigenvalue weighted by Crippen LogP contribution is 2.22. The lowest BCUT2D eigenvalue weighted by Gasteiger charge is -2.32. The predicted molar refractivity (Wildman–Crippen MR) is 150 cm³/mol. The van der Waals surface area contributed by atoms with E-state index in [0.29, 0.717) is 23.1 Å². The Balaban J connectivity index is 1.90. The third-order valence-corrected chi connectivity index (χ3v) is 6.85. The molecule has 5 nitrogen and oxygen atoms in total. The average Bonchev–Trinajstić information content (AvgIpc) is 2.90. The molecule has 37 heavy (non-hydrogen) atoms. The number of amides is 2. The van der Waals surface area contributed by atoms with Crippen LogP contribution in [0.2, 0.25) is 5.02 Å². The number of carbonyl (C=O) groups excluding carboxylic acids is 2. The standard InChI is InChI=1S/C31H37ClN2O3/c1-5-23(4)33-31(36)29(19-24-11-7-6-8-12-24)34(20-26-13-9-10-14-28(26)32)30(35)21-37-27-17-15-25(16-18-27)22(2)3/h6-18,22-23,29H,5,19-21H2,1-4H3,(H,33,36)/t23-,29+/m1/s1. The Morgan fingerprint density at radius 2 is 1.57 bits per heavy atom. The summed E-state index contributed by atoms with van der Waals surface area (Å²) in [7, 11) is 0. The SMILES string of the molecule is CC[C@@H](C)NC(=O)[C@H](Cc1ccccc1)N(Cc1ccccc1Cl)C(=O)COc1ccc(C(C)C)cc1. The fraction of sp³-hybridized carbons (Fsp3) is 0.355. The Hall–Kier alpha value is -3.31. The Labute approximate surface area is 225 Å². The quantitative estimate of drug-likeness (QED) is 0.301. The van der Waals surface area contributed by atoms with Crippen LogP contribution in [0.15, 0.2) is 78.9 Å². The van der Waals surface area contributed by atoms with Gasteiger partial charge in [-0.25, -0.2) is 0 Å². The van der Waals surface area contributed by atoms with Crippen LogP contribution in [0.3, 0.4) is 0 Å². The molecule has 0 bridgehead atoms. The summed E-state index contributed by atoms with van der Waals surface area (Å²) in [5.41, 5.74) is 2.94. The van der Waals surface area contributed by atoms with E-state index in [1.807, 2.05) is 86.6 Å². The molecule has 0 unspecified atom stereocenters. The summed E-state index contributed by atoms with van der Waals surface area (Å²) in [5.74, 6) is 0.539. The van der Waals surface area contributed by atoms with Crippen molar-refractivity contribution in [3.8, 4) is 5.75 Å². The van der Waals surface area contributed by atoms with Gasteiger partial charge in [-0.15, -0.1) is 0 Å². The van der Waals surface area contributed by atoms with Crippen molar-refractivity contribution in [1.29, 1.82) is 0 Å². The molecule has 0 spiro atoms. The van der Waals surface area contributed by atoms with Crippen LogP contribution in [-0.4, -0.2) is 35.4 Å². The number of carbonyl (C=O) groups is 2. The van der Waals surface area contributed by atoms with Crippen molar-refractivity contribution < 1.29 is 14.3 Å². The van der Waals surface area contributed by atoms with E-state index in [4.69, 9.17) is 16.3 Å². The summed E-state index contributed by atoms with van der Waals surface area (Å²) in [6.07, 6.45) is 1.17. The smallest absolute Gasteiger partial charge is 0.261 e. The number of nitrogens with zero attached hydrogens (tertiary/aromatic N) is 1. The number of rotatable bonds is 12. The molecule has 0 aliphatic rings. The second kappa shape index (κ2) is 13.8. The van der Waals surface area contributed by atoms with Gasteiger partial charge in [-0.05, 0) is 54.2 Å². The third kappa shape index (κ3) is 8.36. The number of ether oxygens (including phenoxy) is 1. The molecule has 3 aromatic carbocycles. The first-order valence-electron chi connectivity index (χ1n) is 12.9. The van der Waals surface area contributed by atoms with Crippen molar-refractivity contribution in [1.82, 2.24) is 10.2 Å². The number of benzene rings is 3. The topological polar surface area (TPSA) is 58.6 Å². The fourth-order valence-corrected chi connectivity index (χ4v) is 4.18. The Morgan fingerprint density at radius 3 is 2.19 bits per heavy atom. The lowest BCUT2D eigenvalue weighted by atomic mass is 10.0. The summed E-state index contributed by atoms with van der Waals surface area (Å²) in [6.45, 7) is 8.24. The molecule has 0 fully saturated rings. The molecule has 0 aliphatic carbocycles. The lowest BCUT2D eigenvalue weighted by Crippen LogP contribution is -2.53. The highest BCUT2D eigenvalue weighted by atomic mass is 35.5. The van der Waals surface area contributed by atoms with Gasteiger partial charge in [0.2, 0.25) is 5.91 Å². The maximum Gasteiger partial charge on any atom is 0.261 e. The van der Waals surface area contributed by atoms with E-state index in [1.54, 1.807) is 11.0 Å².